The van der Waals surface area contributed by atoms with Crippen LogP contribution in [-0.4, -0.2) is 60.8 Å². The third-order valence-electron chi connectivity index (χ3n) is 3.29. The standard InChI is InChI=1S/C11H19NO5S/c1-10(2,3)17-9(14)12-5-11(6-12)7-18(15,16)4-8(11)13/h8,13H,4-7H2,1-3H3/t8-/m0/s1. The van der Waals surface area contributed by atoms with Gasteiger partial charge in [0.25, 0.3) is 0 Å². The van der Waals surface area contributed by atoms with Gasteiger partial charge in [0.05, 0.1) is 17.6 Å². The normalized spacial score (nSPS) is 29.1. The summed E-state index contributed by atoms with van der Waals surface area (Å²) in [6.45, 7) is 5.82. The Morgan fingerprint density at radius 1 is 1.39 bits per heavy atom. The molecular formula is C11H19NO5S. The minimum Gasteiger partial charge on any atom is -0.444 e. The molecule has 0 bridgehead atoms. The lowest BCUT2D eigenvalue weighted by Gasteiger charge is -2.48. The van der Waals surface area contributed by atoms with Crippen molar-refractivity contribution in [3.05, 3.63) is 0 Å². The summed E-state index contributed by atoms with van der Waals surface area (Å²) in [7, 11) is -3.18. The Bertz CT molecular complexity index is 458. The Kier molecular flexibility index (Phi) is 2.90. The number of hydrogen-bond acceptors (Lipinski definition) is 5. The van der Waals surface area contributed by atoms with Crippen molar-refractivity contribution in [1.29, 1.82) is 0 Å². The molecule has 2 saturated heterocycles. The third-order valence-corrected chi connectivity index (χ3v) is 5.13. The van der Waals surface area contributed by atoms with E-state index in [4.69, 9.17) is 4.74 Å². The summed E-state index contributed by atoms with van der Waals surface area (Å²) in [6.07, 6.45) is -1.33. The fraction of sp³-hybridized carbons (Fsp3) is 0.909. The zero-order valence-corrected chi connectivity index (χ0v) is 11.7. The number of nitrogens with zero attached hydrogens (tertiary/aromatic N) is 1. The molecule has 0 aliphatic carbocycles. The summed E-state index contributed by atoms with van der Waals surface area (Å²) in [5.74, 6) is -0.240. The highest BCUT2D eigenvalue weighted by atomic mass is 32.2. The van der Waals surface area contributed by atoms with E-state index in [-0.39, 0.29) is 24.6 Å². The molecule has 0 aromatic carbocycles. The molecule has 0 radical (unpaired) electrons. The molecule has 1 spiro atoms. The Morgan fingerprint density at radius 3 is 2.33 bits per heavy atom. The molecule has 2 fully saturated rings. The molecule has 2 rings (SSSR count). The van der Waals surface area contributed by atoms with Crippen LogP contribution >= 0.6 is 0 Å². The van der Waals surface area contributed by atoms with E-state index in [9.17, 15) is 18.3 Å². The van der Waals surface area contributed by atoms with Gasteiger partial charge in [-0.15, -0.1) is 0 Å². The molecule has 1 N–H and O–H groups in total. The molecule has 2 aliphatic heterocycles. The summed E-state index contributed by atoms with van der Waals surface area (Å²) in [4.78, 5) is 13.2. The summed E-state index contributed by atoms with van der Waals surface area (Å²) >= 11 is 0. The van der Waals surface area contributed by atoms with Crippen LogP contribution in [0.4, 0.5) is 4.79 Å². The topological polar surface area (TPSA) is 83.9 Å². The van der Waals surface area contributed by atoms with Crippen molar-refractivity contribution in [2.45, 2.75) is 32.5 Å². The number of ether oxygens (including phenoxy) is 1. The van der Waals surface area contributed by atoms with Gasteiger partial charge < -0.3 is 14.7 Å². The van der Waals surface area contributed by atoms with Crippen LogP contribution in [0.2, 0.25) is 0 Å². The van der Waals surface area contributed by atoms with Crippen molar-refractivity contribution in [2.75, 3.05) is 24.6 Å². The zero-order valence-electron chi connectivity index (χ0n) is 10.8. The molecule has 1 amide bonds. The van der Waals surface area contributed by atoms with Crippen LogP contribution < -0.4 is 0 Å². The molecule has 2 aliphatic rings. The Labute approximate surface area is 107 Å². The smallest absolute Gasteiger partial charge is 0.410 e. The fourth-order valence-corrected chi connectivity index (χ4v) is 4.69. The molecule has 0 unspecified atom stereocenters. The number of aliphatic hydroxyl groups is 1. The van der Waals surface area contributed by atoms with Gasteiger partial charge in [-0.05, 0) is 20.8 Å². The van der Waals surface area contributed by atoms with E-state index in [1.54, 1.807) is 20.8 Å². The van der Waals surface area contributed by atoms with Crippen molar-refractivity contribution in [1.82, 2.24) is 4.90 Å². The van der Waals surface area contributed by atoms with Gasteiger partial charge >= 0.3 is 6.09 Å². The van der Waals surface area contributed by atoms with Gasteiger partial charge in [-0.2, -0.15) is 0 Å². The van der Waals surface area contributed by atoms with Gasteiger partial charge in [0, 0.05) is 18.5 Å². The summed E-state index contributed by atoms with van der Waals surface area (Å²) in [5.41, 5.74) is -1.24. The first kappa shape index (κ1) is 13.6. The van der Waals surface area contributed by atoms with Crippen LogP contribution in [0.1, 0.15) is 20.8 Å². The maximum atomic E-state index is 11.7. The summed E-state index contributed by atoms with van der Waals surface area (Å²) in [5, 5.41) is 9.81. The first-order chi connectivity index (χ1) is 8.03. The van der Waals surface area contributed by atoms with Crippen LogP contribution in [0.5, 0.6) is 0 Å². The number of rotatable bonds is 0. The first-order valence-electron chi connectivity index (χ1n) is 5.89. The highest BCUT2D eigenvalue weighted by molar-refractivity contribution is 7.91. The maximum absolute atomic E-state index is 11.7. The summed E-state index contributed by atoms with van der Waals surface area (Å²) in [6, 6.07) is 0. The van der Waals surface area contributed by atoms with Crippen LogP contribution in [-0.2, 0) is 14.6 Å². The van der Waals surface area contributed by atoms with Gasteiger partial charge in [0.1, 0.15) is 5.60 Å². The van der Waals surface area contributed by atoms with Gasteiger partial charge in [-0.3, -0.25) is 0 Å². The second kappa shape index (κ2) is 3.84. The van der Waals surface area contributed by atoms with Crippen molar-refractivity contribution >= 4 is 15.9 Å². The summed E-state index contributed by atoms with van der Waals surface area (Å²) < 4.78 is 28.1. The number of aliphatic hydroxyl groups excluding tert-OH is 1. The largest absolute Gasteiger partial charge is 0.444 e. The number of amides is 1. The lowest BCUT2D eigenvalue weighted by atomic mass is 9.77. The van der Waals surface area contributed by atoms with E-state index >= 15 is 0 Å². The number of carbonyl (C=O) groups excluding carboxylic acids is 1. The number of likely N-dealkylation sites (tertiary alicyclic amines) is 1. The second-order valence-electron chi connectivity index (χ2n) is 6.27. The van der Waals surface area contributed by atoms with E-state index in [1.165, 1.54) is 4.90 Å². The predicted octanol–water partition coefficient (Wildman–Crippen LogP) is 0.0128. The van der Waals surface area contributed by atoms with E-state index in [0.717, 1.165) is 0 Å². The van der Waals surface area contributed by atoms with Crippen LogP contribution in [0.15, 0.2) is 0 Å². The fourth-order valence-electron chi connectivity index (χ4n) is 2.48. The molecule has 0 aromatic heterocycles. The number of hydrogen-bond donors (Lipinski definition) is 1. The van der Waals surface area contributed by atoms with Crippen molar-refractivity contribution in [3.8, 4) is 0 Å². The van der Waals surface area contributed by atoms with Gasteiger partial charge in [-0.25, -0.2) is 13.2 Å². The Hall–Kier alpha value is -0.820. The van der Waals surface area contributed by atoms with Crippen molar-refractivity contribution in [2.24, 2.45) is 5.41 Å². The molecule has 7 heteroatoms. The minimum absolute atomic E-state index is 0.0412. The highest BCUT2D eigenvalue weighted by Gasteiger charge is 2.58. The Balaban J connectivity index is 1.97. The molecule has 0 saturated carbocycles. The molecular weight excluding hydrogens is 258 g/mol. The highest BCUT2D eigenvalue weighted by Crippen LogP contribution is 2.41. The zero-order chi connectivity index (χ0) is 13.8. The monoisotopic (exact) mass is 277 g/mol. The average Bonchev–Trinajstić information content (AvgIpc) is 2.29. The van der Waals surface area contributed by atoms with E-state index in [0.29, 0.717) is 0 Å². The number of carbonyl (C=O) groups is 1. The van der Waals surface area contributed by atoms with Gasteiger partial charge in [-0.1, -0.05) is 0 Å². The lowest BCUT2D eigenvalue weighted by Crippen LogP contribution is -2.64. The van der Waals surface area contributed by atoms with E-state index in [2.05, 4.69) is 0 Å². The Morgan fingerprint density at radius 2 is 1.94 bits per heavy atom. The SMILES string of the molecule is CC(C)(C)OC(=O)N1CC2(C1)CS(=O)(=O)C[C@@H]2O. The van der Waals surface area contributed by atoms with Gasteiger partial charge in [0.15, 0.2) is 9.84 Å². The minimum atomic E-state index is -3.18. The third kappa shape index (κ3) is 2.47. The molecule has 104 valence electrons. The van der Waals surface area contributed by atoms with Gasteiger partial charge in [0.2, 0.25) is 0 Å². The first-order valence-corrected chi connectivity index (χ1v) is 7.72. The molecule has 6 nitrogen and oxygen atoms in total. The molecule has 1 atom stereocenters. The average molecular weight is 277 g/mol. The van der Waals surface area contributed by atoms with E-state index in [1.807, 2.05) is 0 Å². The van der Waals surface area contributed by atoms with Crippen LogP contribution in [0, 0.1) is 5.41 Å². The van der Waals surface area contributed by atoms with Crippen molar-refractivity contribution in [3.63, 3.8) is 0 Å². The molecule has 0 aromatic rings. The predicted molar refractivity (Wildman–Crippen MR) is 64.9 cm³/mol. The number of sulfone groups is 1. The quantitative estimate of drug-likeness (QED) is 0.674. The van der Waals surface area contributed by atoms with Crippen molar-refractivity contribution < 1.29 is 23.1 Å². The molecule has 2 heterocycles. The molecule has 18 heavy (non-hydrogen) atoms. The van der Waals surface area contributed by atoms with Crippen LogP contribution in [0.25, 0.3) is 0 Å². The maximum Gasteiger partial charge on any atom is 0.410 e. The van der Waals surface area contributed by atoms with Crippen LogP contribution in [0.3, 0.4) is 0 Å². The van der Waals surface area contributed by atoms with E-state index < -0.39 is 33.1 Å². The second-order valence-corrected chi connectivity index (χ2v) is 8.38. The lowest BCUT2D eigenvalue weighted by molar-refractivity contribution is -0.0679.